The minimum Gasteiger partial charge on any atom is -0.488 e. The van der Waals surface area contributed by atoms with E-state index in [0.29, 0.717) is 34.2 Å². The van der Waals surface area contributed by atoms with Gasteiger partial charge in [-0.2, -0.15) is 5.10 Å². The Morgan fingerprint density at radius 1 is 1.00 bits per heavy atom. The van der Waals surface area contributed by atoms with Gasteiger partial charge >= 0.3 is 0 Å². The van der Waals surface area contributed by atoms with Crippen LogP contribution in [0.15, 0.2) is 54.7 Å². The van der Waals surface area contributed by atoms with E-state index in [9.17, 15) is 14.7 Å². The van der Waals surface area contributed by atoms with Crippen molar-refractivity contribution in [2.75, 3.05) is 25.0 Å². The maximum Gasteiger partial charge on any atom is 0.257 e. The number of nitrogens with zero attached hydrogens (tertiary/aromatic N) is 3. The standard InChI is InChI=1S/C26H30N4O5/c1-17(2)30-12-9-24(28-30)27-25(32)20-13-22(34-18(3)16-31)15-23(14-20)35-21-7-5-19(6-8-21)26(33)29-10-4-11-29/h5-9,12-15,17-18,31H,4,10-11,16H2,1-3H3,(H,27,28,32). The summed E-state index contributed by atoms with van der Waals surface area (Å²) in [6.07, 6.45) is 2.37. The van der Waals surface area contributed by atoms with Crippen LogP contribution in [-0.4, -0.2) is 57.4 Å². The molecular weight excluding hydrogens is 448 g/mol. The summed E-state index contributed by atoms with van der Waals surface area (Å²) in [5.74, 6) is 1.35. The summed E-state index contributed by atoms with van der Waals surface area (Å²) in [5, 5.41) is 16.5. The number of aromatic nitrogens is 2. The number of hydrogen-bond acceptors (Lipinski definition) is 6. The van der Waals surface area contributed by atoms with E-state index in [2.05, 4.69) is 10.4 Å². The van der Waals surface area contributed by atoms with Gasteiger partial charge in [0.05, 0.1) is 6.61 Å². The largest absolute Gasteiger partial charge is 0.488 e. The number of carbonyl (C=O) groups excluding carboxylic acids is 2. The molecule has 1 fully saturated rings. The van der Waals surface area contributed by atoms with Crippen LogP contribution in [0.5, 0.6) is 17.2 Å². The highest BCUT2D eigenvalue weighted by Crippen LogP contribution is 2.29. The van der Waals surface area contributed by atoms with Crippen molar-refractivity contribution >= 4 is 17.6 Å². The van der Waals surface area contributed by atoms with E-state index in [-0.39, 0.29) is 24.5 Å². The molecule has 3 aromatic rings. The fourth-order valence-corrected chi connectivity index (χ4v) is 3.48. The summed E-state index contributed by atoms with van der Waals surface area (Å²) in [6.45, 7) is 7.13. The summed E-state index contributed by atoms with van der Waals surface area (Å²) in [4.78, 5) is 27.1. The molecule has 0 spiro atoms. The molecule has 184 valence electrons. The van der Waals surface area contributed by atoms with Gasteiger partial charge in [-0.15, -0.1) is 0 Å². The van der Waals surface area contributed by atoms with Crippen LogP contribution in [-0.2, 0) is 0 Å². The van der Waals surface area contributed by atoms with Crippen molar-refractivity contribution in [1.82, 2.24) is 14.7 Å². The average molecular weight is 479 g/mol. The lowest BCUT2D eigenvalue weighted by atomic mass is 10.1. The number of aliphatic hydroxyl groups excluding tert-OH is 1. The minimum absolute atomic E-state index is 0.00931. The molecule has 0 radical (unpaired) electrons. The predicted octanol–water partition coefficient (Wildman–Crippen LogP) is 4.11. The number of anilines is 1. The van der Waals surface area contributed by atoms with Crippen LogP contribution >= 0.6 is 0 Å². The maximum absolute atomic E-state index is 13.0. The molecule has 0 bridgehead atoms. The average Bonchev–Trinajstić information content (AvgIpc) is 3.27. The number of aliphatic hydroxyl groups is 1. The molecule has 0 aliphatic carbocycles. The Labute approximate surface area is 204 Å². The van der Waals surface area contributed by atoms with Gasteiger partial charge < -0.3 is 24.8 Å². The molecule has 2 amide bonds. The lowest BCUT2D eigenvalue weighted by Gasteiger charge is -2.30. The van der Waals surface area contributed by atoms with E-state index < -0.39 is 6.10 Å². The van der Waals surface area contributed by atoms with E-state index in [4.69, 9.17) is 9.47 Å². The molecule has 1 aliphatic rings. The van der Waals surface area contributed by atoms with E-state index in [1.807, 2.05) is 13.8 Å². The highest BCUT2D eigenvalue weighted by atomic mass is 16.5. The SMILES string of the molecule is CC(CO)Oc1cc(Oc2ccc(C(=O)N3CCC3)cc2)cc(C(=O)Nc2ccn(C(C)C)n2)c1. The molecule has 9 nitrogen and oxygen atoms in total. The Balaban J connectivity index is 1.53. The summed E-state index contributed by atoms with van der Waals surface area (Å²) >= 11 is 0. The van der Waals surface area contributed by atoms with Gasteiger partial charge in [-0.3, -0.25) is 14.3 Å². The van der Waals surface area contributed by atoms with Crippen LogP contribution < -0.4 is 14.8 Å². The Morgan fingerprint density at radius 3 is 2.31 bits per heavy atom. The zero-order valence-electron chi connectivity index (χ0n) is 20.1. The van der Waals surface area contributed by atoms with Gasteiger partial charge in [-0.25, -0.2) is 0 Å². The highest BCUT2D eigenvalue weighted by Gasteiger charge is 2.21. The lowest BCUT2D eigenvalue weighted by Crippen LogP contribution is -2.41. The molecule has 4 rings (SSSR count). The first-order valence-corrected chi connectivity index (χ1v) is 11.7. The molecule has 2 heterocycles. The van der Waals surface area contributed by atoms with E-state index >= 15 is 0 Å². The predicted molar refractivity (Wildman–Crippen MR) is 131 cm³/mol. The third-order valence-electron chi connectivity index (χ3n) is 5.60. The molecule has 1 aromatic heterocycles. The van der Waals surface area contributed by atoms with Crippen molar-refractivity contribution in [2.24, 2.45) is 0 Å². The van der Waals surface area contributed by atoms with E-state index in [0.717, 1.165) is 19.5 Å². The fraction of sp³-hybridized carbons (Fsp3) is 0.346. The van der Waals surface area contributed by atoms with Gasteiger partial charge in [-0.05, 0) is 63.6 Å². The normalized spacial score (nSPS) is 13.8. The molecule has 2 N–H and O–H groups in total. The maximum atomic E-state index is 13.0. The first-order valence-electron chi connectivity index (χ1n) is 11.7. The number of ether oxygens (including phenoxy) is 2. The molecule has 1 atom stereocenters. The number of rotatable bonds is 9. The first kappa shape index (κ1) is 24.3. The molecule has 1 aliphatic heterocycles. The summed E-state index contributed by atoms with van der Waals surface area (Å²) in [7, 11) is 0. The van der Waals surface area contributed by atoms with Crippen molar-refractivity contribution < 1.29 is 24.2 Å². The Hall–Kier alpha value is -3.85. The van der Waals surface area contributed by atoms with E-state index in [1.54, 1.807) is 71.2 Å². The molecule has 1 saturated heterocycles. The highest BCUT2D eigenvalue weighted by molar-refractivity contribution is 6.04. The van der Waals surface area contributed by atoms with Gasteiger partial charge in [0, 0.05) is 48.6 Å². The van der Waals surface area contributed by atoms with E-state index in [1.165, 1.54) is 0 Å². The quantitative estimate of drug-likeness (QED) is 0.479. The number of likely N-dealkylation sites (tertiary alicyclic amines) is 1. The zero-order valence-corrected chi connectivity index (χ0v) is 20.1. The number of nitrogens with one attached hydrogen (secondary N) is 1. The number of benzene rings is 2. The Morgan fingerprint density at radius 2 is 1.71 bits per heavy atom. The number of amides is 2. The molecular formula is C26H30N4O5. The second-order valence-corrected chi connectivity index (χ2v) is 8.81. The molecule has 2 aromatic carbocycles. The van der Waals surface area contributed by atoms with Crippen molar-refractivity contribution in [3.8, 4) is 17.2 Å². The second-order valence-electron chi connectivity index (χ2n) is 8.81. The molecule has 9 heteroatoms. The summed E-state index contributed by atoms with van der Waals surface area (Å²) in [6, 6.07) is 13.6. The number of carbonyl (C=O) groups is 2. The van der Waals surface area contributed by atoms with Gasteiger partial charge in [-0.1, -0.05) is 0 Å². The van der Waals surface area contributed by atoms with Gasteiger partial charge in [0.2, 0.25) is 0 Å². The van der Waals surface area contributed by atoms with Crippen molar-refractivity contribution in [3.05, 3.63) is 65.9 Å². The van der Waals surface area contributed by atoms with Crippen LogP contribution in [0.2, 0.25) is 0 Å². The van der Waals surface area contributed by atoms with Crippen LogP contribution in [0, 0.1) is 0 Å². The third-order valence-corrected chi connectivity index (χ3v) is 5.60. The fourth-order valence-electron chi connectivity index (χ4n) is 3.48. The van der Waals surface area contributed by atoms with Crippen molar-refractivity contribution in [3.63, 3.8) is 0 Å². The Bertz CT molecular complexity index is 1180. The summed E-state index contributed by atoms with van der Waals surface area (Å²) in [5.41, 5.74) is 0.915. The van der Waals surface area contributed by atoms with Crippen LogP contribution in [0.3, 0.4) is 0 Å². The zero-order chi connectivity index (χ0) is 24.9. The van der Waals surface area contributed by atoms with Crippen LogP contribution in [0.1, 0.15) is 53.9 Å². The molecule has 35 heavy (non-hydrogen) atoms. The Kier molecular flexibility index (Phi) is 7.36. The minimum atomic E-state index is -0.463. The van der Waals surface area contributed by atoms with Crippen LogP contribution in [0.25, 0.3) is 0 Å². The van der Waals surface area contributed by atoms with Crippen LogP contribution in [0.4, 0.5) is 5.82 Å². The topological polar surface area (TPSA) is 106 Å². The van der Waals surface area contributed by atoms with Gasteiger partial charge in [0.25, 0.3) is 11.8 Å². The smallest absolute Gasteiger partial charge is 0.257 e. The summed E-state index contributed by atoms with van der Waals surface area (Å²) < 4.78 is 13.5. The third kappa shape index (κ3) is 5.99. The van der Waals surface area contributed by atoms with Crippen molar-refractivity contribution in [2.45, 2.75) is 39.3 Å². The monoisotopic (exact) mass is 478 g/mol. The lowest BCUT2D eigenvalue weighted by molar-refractivity contribution is 0.0651. The molecule has 1 unspecified atom stereocenters. The number of hydrogen-bond donors (Lipinski definition) is 2. The van der Waals surface area contributed by atoms with Gasteiger partial charge in [0.15, 0.2) is 5.82 Å². The first-order chi connectivity index (χ1) is 16.8. The van der Waals surface area contributed by atoms with Gasteiger partial charge in [0.1, 0.15) is 23.4 Å². The van der Waals surface area contributed by atoms with Crippen molar-refractivity contribution in [1.29, 1.82) is 0 Å². The second kappa shape index (κ2) is 10.6. The molecule has 0 saturated carbocycles.